The molecular formula is C98H100F5N23O7S4. The zero-order chi connectivity index (χ0) is 96.7. The first-order valence-corrected chi connectivity index (χ1v) is 50.0. The molecule has 708 valence electrons. The number of sulfone groups is 1. The average molecular weight is 1940 g/mol. The van der Waals surface area contributed by atoms with Crippen molar-refractivity contribution in [2.45, 2.75) is 170 Å². The van der Waals surface area contributed by atoms with Crippen molar-refractivity contribution in [2.75, 3.05) is 65.7 Å². The van der Waals surface area contributed by atoms with Crippen LogP contribution in [0.1, 0.15) is 145 Å². The van der Waals surface area contributed by atoms with E-state index in [2.05, 4.69) is 40.2 Å². The van der Waals surface area contributed by atoms with Crippen molar-refractivity contribution in [3.05, 3.63) is 271 Å². The third-order valence-corrected chi connectivity index (χ3v) is 29.0. The van der Waals surface area contributed by atoms with Gasteiger partial charge in [0.25, 0.3) is 23.3 Å². The van der Waals surface area contributed by atoms with Gasteiger partial charge in [-0.2, -0.15) is 28.5 Å². The summed E-state index contributed by atoms with van der Waals surface area (Å²) in [7, 11) is 1.55. The highest BCUT2D eigenvalue weighted by Gasteiger charge is 2.53. The number of anilines is 6. The van der Waals surface area contributed by atoms with E-state index < -0.39 is 61.6 Å². The summed E-state index contributed by atoms with van der Waals surface area (Å²) in [5.41, 5.74) is 15.1. The number of aliphatic imine (C=N–C) groups is 4. The summed E-state index contributed by atoms with van der Waals surface area (Å²) in [6.45, 7) is 8.32. The number of guanidine groups is 3. The summed E-state index contributed by atoms with van der Waals surface area (Å²) in [5.74, 6) is -0.322. The topological polar surface area (TPSA) is 328 Å². The third-order valence-electron chi connectivity index (χ3n) is 25.7. The predicted octanol–water partition coefficient (Wildman–Crippen LogP) is 15.0. The number of fused-ring (bicyclic) bond motifs is 15. The summed E-state index contributed by atoms with van der Waals surface area (Å²) in [6.07, 6.45) is 13.8. The Morgan fingerprint density at radius 2 is 0.956 bits per heavy atom. The van der Waals surface area contributed by atoms with Gasteiger partial charge in [0.15, 0.2) is 32.3 Å². The molecule has 3 fully saturated rings. The van der Waals surface area contributed by atoms with Crippen molar-refractivity contribution in [1.82, 2.24) is 68.1 Å². The number of hydrogen-bond donors (Lipinski definition) is 2. The Morgan fingerprint density at radius 3 is 1.39 bits per heavy atom. The van der Waals surface area contributed by atoms with Gasteiger partial charge in [0, 0.05) is 82.1 Å². The lowest BCUT2D eigenvalue weighted by Gasteiger charge is -2.35. The average Bonchev–Trinajstić information content (AvgIpc) is 1.56. The summed E-state index contributed by atoms with van der Waals surface area (Å²) >= 11 is 7.23. The summed E-state index contributed by atoms with van der Waals surface area (Å²) in [5, 5.41) is 18.9. The SMILES string of the molecule is CN1C(=O)c2c(nn(Cc3ccc(-c4cccc(F)n4)cc3)c2S(C)(=O)=O)N2C1=N[C@@H]1CCC[C@@H]12.CN1C(=O)c2c(nn(Cc3ccc(-c4cccc(F)n4)cc3)c2S(C)=O)N2C1=N[C@@H]1CCC[C@@H]12.CN1C(=S)c2c(nn(Cc3ccc(-c4cccc(F)n4)cc3)c2Nc2ccccc2)N2C1=N[C@@H]1CCC[C@@H]12.CSC(=NCc1ccc(C(C)(F)F)cc1)c1c(N)n(CC(C)(C)C)c(=O)n(C)c1=O. The van der Waals surface area contributed by atoms with Crippen molar-refractivity contribution < 1.29 is 44.2 Å². The highest BCUT2D eigenvalue weighted by molar-refractivity contribution is 8.13. The van der Waals surface area contributed by atoms with Crippen LogP contribution in [0.4, 0.5) is 56.7 Å². The monoisotopic (exact) mass is 1930 g/mol. The molecular weight excluding hydrogens is 1830 g/mol. The number of rotatable bonds is 18. The molecule has 21 rings (SSSR count). The molecule has 12 aromatic rings. The quantitative estimate of drug-likeness (QED) is 0.0265. The Kier molecular flexibility index (Phi) is 25.7. The minimum atomic E-state index is -3.78. The standard InChI is InChI=1S/C29H26FN7S.C24H23FN6O3S.C24H23FN6O2S.C21H28F2N4O2S/c1-35-28(38)25-26(31-20-7-3-2-4-8-20)36(34-27(25)37-23-11-5-10-22(23)33-29(35)37)17-18-13-15-19(16-14-18)21-9-6-12-24(30)32-21;1-29-22(32)20-21(31-18-7-3-6-17(18)27-24(29)31)28-30(23(20)35(2,33)34)13-14-9-11-15(12-10-14)16-5-4-8-19(25)26-16;1-29-22(32)20-21(31-18-7-3-6-17(18)27-24(29)31)28-30(23(20)34(2)33)13-14-9-11-15(12-10-14)16-5-4-8-19(25)26-16;1-20(2,3)12-27-16(24)15(18(28)26(5)19(27)29)17(30-6)25-11-13-7-9-14(10-8-13)21(4,22)23/h2-4,6-9,12-16,22-23,31H,5,10-11,17H2,1H3;4-5,8-12,17-18H,3,6-7,13H2,1-2H3;4-5,8-12,17-18H,3,6-7,13H2,1-2H3;7-10H,11-12,24H2,1-6H3/t22-,23+;17-,18+;17-,18+,34?;/m111./s1. The maximum absolute atomic E-state index is 13.6. The van der Waals surface area contributed by atoms with Crippen LogP contribution in [0, 0.1) is 23.3 Å². The molecule has 9 aliphatic rings. The molecule has 0 spiro atoms. The maximum atomic E-state index is 13.6. The second kappa shape index (κ2) is 37.5. The number of benzene rings is 5. The Hall–Kier alpha value is -13.5. The molecule has 7 aromatic heterocycles. The van der Waals surface area contributed by atoms with Crippen molar-refractivity contribution in [1.29, 1.82) is 0 Å². The van der Waals surface area contributed by atoms with Gasteiger partial charge in [-0.05, 0) is 140 Å². The van der Waals surface area contributed by atoms with Gasteiger partial charge in [-0.25, -0.2) is 66.0 Å². The van der Waals surface area contributed by atoms with E-state index >= 15 is 0 Å². The van der Waals surface area contributed by atoms with Gasteiger partial charge in [-0.3, -0.25) is 57.2 Å². The second-order valence-corrected chi connectivity index (χ2v) is 40.9. The maximum Gasteiger partial charge on any atom is 0.332 e. The Balaban J connectivity index is 0.000000122. The molecule has 3 aliphatic carbocycles. The first-order chi connectivity index (χ1) is 65.5. The highest BCUT2D eigenvalue weighted by atomic mass is 32.2. The number of thioether (sulfide) groups is 1. The van der Waals surface area contributed by atoms with E-state index in [0.717, 1.165) is 131 Å². The first kappa shape index (κ1) is 93.9. The van der Waals surface area contributed by atoms with Gasteiger partial charge in [0.2, 0.25) is 35.7 Å². The molecule has 3 saturated carbocycles. The van der Waals surface area contributed by atoms with Crippen molar-refractivity contribution >= 4 is 119 Å². The van der Waals surface area contributed by atoms with Crippen LogP contribution in [-0.2, 0) is 66.3 Å². The number of nitrogens with two attached hydrogens (primary N) is 1. The molecule has 1 unspecified atom stereocenters. The number of amides is 2. The van der Waals surface area contributed by atoms with Crippen LogP contribution in [0.5, 0.6) is 0 Å². The lowest BCUT2D eigenvalue weighted by Crippen LogP contribution is -2.51. The molecule has 137 heavy (non-hydrogen) atoms. The van der Waals surface area contributed by atoms with E-state index in [-0.39, 0.29) is 76.1 Å². The fourth-order valence-electron chi connectivity index (χ4n) is 19.1. The number of nitrogens with one attached hydrogen (secondary N) is 1. The van der Waals surface area contributed by atoms with Gasteiger partial charge in [0.1, 0.15) is 43.4 Å². The molecule has 13 heterocycles. The van der Waals surface area contributed by atoms with Crippen LogP contribution >= 0.6 is 24.0 Å². The summed E-state index contributed by atoms with van der Waals surface area (Å²) in [6, 6.07) is 54.0. The molecule has 6 aliphatic heterocycles. The molecule has 39 heteroatoms. The zero-order valence-corrected chi connectivity index (χ0v) is 80.3. The van der Waals surface area contributed by atoms with Gasteiger partial charge >= 0.3 is 5.69 Å². The highest BCUT2D eigenvalue weighted by Crippen LogP contribution is 2.47. The van der Waals surface area contributed by atoms with Crippen molar-refractivity contribution in [2.24, 2.45) is 32.4 Å². The molecule has 30 nitrogen and oxygen atoms in total. The number of nitrogen functional groups attached to an aromatic ring is 1. The number of aromatic nitrogens is 11. The molecule has 0 saturated heterocycles. The van der Waals surface area contributed by atoms with Gasteiger partial charge < -0.3 is 16.0 Å². The molecule has 2 amide bonds. The largest absolute Gasteiger partial charge is 0.384 e. The summed E-state index contributed by atoms with van der Waals surface area (Å²) in [4.78, 5) is 94.9. The fraction of sp³-hybridized carbons (Fsp3) is 0.337. The van der Waals surface area contributed by atoms with Crippen LogP contribution in [0.15, 0.2) is 222 Å². The number of carbonyl (C=O) groups is 2. The number of pyridine rings is 3. The molecule has 0 radical (unpaired) electrons. The van der Waals surface area contributed by atoms with Gasteiger partial charge in [-0.1, -0.05) is 166 Å². The first-order valence-electron chi connectivity index (χ1n) is 44.9. The number of halogens is 5. The minimum absolute atomic E-state index is 0.0760. The Bertz CT molecular complexity index is 7180. The van der Waals surface area contributed by atoms with E-state index in [1.807, 2.05) is 139 Å². The van der Waals surface area contributed by atoms with Crippen molar-refractivity contribution in [3.8, 4) is 33.8 Å². The molecule has 0 bridgehead atoms. The van der Waals surface area contributed by atoms with E-state index in [4.69, 9.17) is 43.1 Å². The second-order valence-electron chi connectivity index (χ2n) is 36.5. The van der Waals surface area contributed by atoms with E-state index in [1.165, 1.54) is 69.7 Å². The number of carbonyl (C=O) groups excluding carboxylic acids is 2. The Morgan fingerprint density at radius 1 is 0.540 bits per heavy atom. The third kappa shape index (κ3) is 18.4. The van der Waals surface area contributed by atoms with Gasteiger partial charge in [0.05, 0.1) is 95.9 Å². The predicted molar refractivity (Wildman–Crippen MR) is 525 cm³/mol. The van der Waals surface area contributed by atoms with Crippen LogP contribution in [0.25, 0.3) is 33.8 Å². The molecule has 5 aromatic carbocycles. The lowest BCUT2D eigenvalue weighted by molar-refractivity contribution is 0.0174. The van der Waals surface area contributed by atoms with E-state index in [0.29, 0.717) is 98.5 Å². The Labute approximate surface area is 799 Å². The number of alkyl halides is 2. The van der Waals surface area contributed by atoms with Crippen molar-refractivity contribution in [3.63, 3.8) is 0 Å². The fourth-order valence-corrected chi connectivity index (χ4v) is 21.9. The molecule has 7 atom stereocenters. The minimum Gasteiger partial charge on any atom is -0.384 e. The van der Waals surface area contributed by atoms with Crippen LogP contribution in [0.2, 0.25) is 0 Å². The summed E-state index contributed by atoms with van der Waals surface area (Å²) < 4.78 is 113. The number of para-hydroxylation sites is 1. The smallest absolute Gasteiger partial charge is 0.332 e. The zero-order valence-electron chi connectivity index (χ0n) is 77.0. The molecule has 3 N–H and O–H groups in total. The van der Waals surface area contributed by atoms with E-state index in [9.17, 15) is 53.8 Å². The normalized spacial score (nSPS) is 19.1. The lowest BCUT2D eigenvalue weighted by atomic mass is 9.97. The number of thiocarbonyl (C=S) groups is 1. The van der Waals surface area contributed by atoms with Crippen LogP contribution in [-0.4, -0.2) is 197 Å². The van der Waals surface area contributed by atoms with Gasteiger partial charge in [-0.15, -0.1) is 11.8 Å². The van der Waals surface area contributed by atoms with Crippen LogP contribution < -0.4 is 37.0 Å². The van der Waals surface area contributed by atoms with E-state index in [1.54, 1.807) is 90.8 Å². The van der Waals surface area contributed by atoms with Crippen LogP contribution in [0.3, 0.4) is 0 Å². The number of nitrogens with zero attached hydrogens (tertiary/aromatic N) is 21. The number of hydrogen-bond acceptors (Lipinski definition) is 24.